The summed E-state index contributed by atoms with van der Waals surface area (Å²) in [4.78, 5) is 12.2. The maximum absolute atomic E-state index is 12.2. The normalized spacial score (nSPS) is 14.9. The number of hydrogen-bond acceptors (Lipinski definition) is 3. The number of nitrogens with one attached hydrogen (secondary N) is 1. The number of benzene rings is 2. The molecule has 6 heteroatoms. The van der Waals surface area contributed by atoms with Gasteiger partial charge < -0.3 is 5.32 Å². The first kappa shape index (κ1) is 17.0. The molecule has 0 saturated carbocycles. The fourth-order valence-corrected chi connectivity index (χ4v) is 5.51. The minimum Gasteiger partial charge on any atom is -0.326 e. The van der Waals surface area contributed by atoms with E-state index in [1.165, 1.54) is 17.1 Å². The Hall–Kier alpha value is -0.810. The number of rotatable bonds is 4. The average Bonchev–Trinajstić information content (AvgIpc) is 3.05. The topological polar surface area (TPSA) is 29.1 Å². The van der Waals surface area contributed by atoms with Crippen LogP contribution >= 0.6 is 46.7 Å². The number of amides is 1. The van der Waals surface area contributed by atoms with Gasteiger partial charge in [0.05, 0.1) is 21.0 Å². The van der Waals surface area contributed by atoms with Crippen LogP contribution < -0.4 is 5.32 Å². The van der Waals surface area contributed by atoms with E-state index in [1.807, 2.05) is 41.7 Å². The Morgan fingerprint density at radius 1 is 1.09 bits per heavy atom. The molecule has 1 aliphatic heterocycles. The Bertz CT molecular complexity index is 717. The van der Waals surface area contributed by atoms with E-state index in [-0.39, 0.29) is 12.3 Å². The first-order chi connectivity index (χ1) is 11.1. The van der Waals surface area contributed by atoms with Gasteiger partial charge in [-0.3, -0.25) is 4.79 Å². The fourth-order valence-electron chi connectivity index (χ4n) is 2.35. The van der Waals surface area contributed by atoms with Crippen LogP contribution in [0.1, 0.15) is 15.7 Å². The van der Waals surface area contributed by atoms with Crippen LogP contribution in [0.5, 0.6) is 0 Å². The molecule has 1 N–H and O–H groups in total. The lowest BCUT2D eigenvalue weighted by Crippen LogP contribution is -2.14. The number of halogens is 2. The molecule has 0 radical (unpaired) electrons. The summed E-state index contributed by atoms with van der Waals surface area (Å²) in [6.07, 6.45) is 0.272. The van der Waals surface area contributed by atoms with Crippen LogP contribution in [-0.2, 0) is 11.2 Å². The van der Waals surface area contributed by atoms with Crippen LogP contribution in [0.15, 0.2) is 42.5 Å². The first-order valence-electron chi connectivity index (χ1n) is 7.19. The quantitative estimate of drug-likeness (QED) is 0.738. The molecule has 3 rings (SSSR count). The SMILES string of the molecule is O=C(Cc1ccc(Cl)c(Cl)c1)Nc1cccc(C2SCCS2)c1. The van der Waals surface area contributed by atoms with Gasteiger partial charge >= 0.3 is 0 Å². The van der Waals surface area contributed by atoms with Gasteiger partial charge in [0.25, 0.3) is 0 Å². The smallest absolute Gasteiger partial charge is 0.228 e. The highest BCUT2D eigenvalue weighted by Crippen LogP contribution is 2.45. The monoisotopic (exact) mass is 383 g/mol. The zero-order valence-electron chi connectivity index (χ0n) is 12.2. The van der Waals surface area contributed by atoms with E-state index in [0.717, 1.165) is 11.3 Å². The Balaban J connectivity index is 1.65. The molecule has 23 heavy (non-hydrogen) atoms. The van der Waals surface area contributed by atoms with E-state index < -0.39 is 0 Å². The number of anilines is 1. The summed E-state index contributed by atoms with van der Waals surface area (Å²) in [6.45, 7) is 0. The molecule has 0 bridgehead atoms. The van der Waals surface area contributed by atoms with Gasteiger partial charge in [-0.25, -0.2) is 0 Å². The van der Waals surface area contributed by atoms with Crippen LogP contribution in [0.2, 0.25) is 10.0 Å². The minimum absolute atomic E-state index is 0.0627. The molecule has 2 nitrogen and oxygen atoms in total. The standard InChI is InChI=1S/C17H15Cl2NOS2/c18-14-5-4-11(8-15(14)19)9-16(21)20-13-3-1-2-12(10-13)17-22-6-7-23-17/h1-5,8,10,17H,6-7,9H2,(H,20,21). The molecular formula is C17H15Cl2NOS2. The molecule has 1 amide bonds. The largest absolute Gasteiger partial charge is 0.326 e. The zero-order chi connectivity index (χ0) is 16.2. The van der Waals surface area contributed by atoms with Crippen molar-refractivity contribution in [3.05, 3.63) is 63.6 Å². The summed E-state index contributed by atoms with van der Waals surface area (Å²) >= 11 is 15.8. The number of hydrogen-bond donors (Lipinski definition) is 1. The van der Waals surface area contributed by atoms with Crippen LogP contribution in [0.4, 0.5) is 5.69 Å². The van der Waals surface area contributed by atoms with Gasteiger partial charge in [0.15, 0.2) is 0 Å². The van der Waals surface area contributed by atoms with Crippen molar-refractivity contribution in [3.63, 3.8) is 0 Å². The summed E-state index contributed by atoms with van der Waals surface area (Å²) in [6, 6.07) is 13.3. The Labute approximate surface area is 154 Å². The van der Waals surface area contributed by atoms with E-state index >= 15 is 0 Å². The summed E-state index contributed by atoms with van der Waals surface area (Å²) < 4.78 is 0.474. The molecule has 0 unspecified atom stereocenters. The Morgan fingerprint density at radius 3 is 2.61 bits per heavy atom. The molecule has 0 aromatic heterocycles. The summed E-state index contributed by atoms with van der Waals surface area (Å²) in [5.41, 5.74) is 2.93. The number of carbonyl (C=O) groups is 1. The van der Waals surface area contributed by atoms with E-state index in [1.54, 1.807) is 12.1 Å². The number of carbonyl (C=O) groups excluding carboxylic acids is 1. The number of thioether (sulfide) groups is 2. The molecule has 0 spiro atoms. The highest BCUT2D eigenvalue weighted by atomic mass is 35.5. The van der Waals surface area contributed by atoms with Crippen molar-refractivity contribution in [1.29, 1.82) is 0 Å². The Morgan fingerprint density at radius 2 is 1.87 bits per heavy atom. The van der Waals surface area contributed by atoms with Gasteiger partial charge in [-0.05, 0) is 35.4 Å². The van der Waals surface area contributed by atoms with Crippen molar-refractivity contribution in [2.24, 2.45) is 0 Å². The molecule has 120 valence electrons. The maximum atomic E-state index is 12.2. The van der Waals surface area contributed by atoms with Gasteiger partial charge in [-0.2, -0.15) is 0 Å². The molecule has 1 fully saturated rings. The van der Waals surface area contributed by atoms with Crippen molar-refractivity contribution in [3.8, 4) is 0 Å². The molecule has 0 atom stereocenters. The highest BCUT2D eigenvalue weighted by Gasteiger charge is 2.18. The predicted octanol–water partition coefficient (Wildman–Crippen LogP) is 5.65. The molecular weight excluding hydrogens is 369 g/mol. The van der Waals surface area contributed by atoms with E-state index in [0.29, 0.717) is 14.6 Å². The van der Waals surface area contributed by atoms with E-state index in [9.17, 15) is 4.79 Å². The zero-order valence-corrected chi connectivity index (χ0v) is 15.4. The minimum atomic E-state index is -0.0627. The molecule has 2 aromatic carbocycles. The first-order valence-corrected chi connectivity index (χ1v) is 10.0. The van der Waals surface area contributed by atoms with E-state index in [4.69, 9.17) is 23.2 Å². The maximum Gasteiger partial charge on any atom is 0.228 e. The molecule has 1 heterocycles. The van der Waals surface area contributed by atoms with Crippen molar-refractivity contribution < 1.29 is 4.79 Å². The lowest BCUT2D eigenvalue weighted by Gasteiger charge is -2.11. The third kappa shape index (κ3) is 4.60. The van der Waals surface area contributed by atoms with Gasteiger partial charge in [0.2, 0.25) is 5.91 Å². The van der Waals surface area contributed by atoms with Gasteiger partial charge in [-0.1, -0.05) is 41.4 Å². The molecule has 2 aromatic rings. The van der Waals surface area contributed by atoms with Crippen molar-refractivity contribution in [2.75, 3.05) is 16.8 Å². The average molecular weight is 384 g/mol. The van der Waals surface area contributed by atoms with E-state index in [2.05, 4.69) is 17.4 Å². The lowest BCUT2D eigenvalue weighted by atomic mass is 10.1. The summed E-state index contributed by atoms with van der Waals surface area (Å²) in [5, 5.41) is 3.92. The molecule has 1 aliphatic rings. The second-order valence-electron chi connectivity index (χ2n) is 5.17. The van der Waals surface area contributed by atoms with Gasteiger partial charge in [0, 0.05) is 17.2 Å². The lowest BCUT2D eigenvalue weighted by molar-refractivity contribution is -0.115. The fraction of sp³-hybridized carbons (Fsp3) is 0.235. The van der Waals surface area contributed by atoms with Crippen molar-refractivity contribution in [1.82, 2.24) is 0 Å². The second kappa shape index (κ2) is 7.84. The highest BCUT2D eigenvalue weighted by molar-refractivity contribution is 8.19. The molecule has 0 aliphatic carbocycles. The van der Waals surface area contributed by atoms with Crippen LogP contribution in [0.3, 0.4) is 0 Å². The summed E-state index contributed by atoms with van der Waals surface area (Å²) in [7, 11) is 0. The van der Waals surface area contributed by atoms with Crippen LogP contribution in [0, 0.1) is 0 Å². The second-order valence-corrected chi connectivity index (χ2v) is 8.71. The molecule has 1 saturated heterocycles. The van der Waals surface area contributed by atoms with Crippen molar-refractivity contribution >= 4 is 58.3 Å². The third-order valence-corrected chi connectivity index (χ3v) is 7.26. The summed E-state index contributed by atoms with van der Waals surface area (Å²) in [5.74, 6) is 2.30. The predicted molar refractivity (Wildman–Crippen MR) is 103 cm³/mol. The van der Waals surface area contributed by atoms with Gasteiger partial charge in [0.1, 0.15) is 0 Å². The Kier molecular flexibility index (Phi) is 5.81. The van der Waals surface area contributed by atoms with Crippen LogP contribution in [-0.4, -0.2) is 17.4 Å². The third-order valence-electron chi connectivity index (χ3n) is 3.41. The van der Waals surface area contributed by atoms with Crippen LogP contribution in [0.25, 0.3) is 0 Å². The van der Waals surface area contributed by atoms with Crippen molar-refractivity contribution in [2.45, 2.75) is 11.0 Å². The van der Waals surface area contributed by atoms with Gasteiger partial charge in [-0.15, -0.1) is 23.5 Å².